The molecule has 2 aromatic carbocycles. The van der Waals surface area contributed by atoms with Crippen molar-refractivity contribution in [1.82, 2.24) is 0 Å². The van der Waals surface area contributed by atoms with Crippen LogP contribution in [0, 0.1) is 24.0 Å². The number of benzene rings is 2. The van der Waals surface area contributed by atoms with Crippen molar-refractivity contribution in [1.29, 1.82) is 0 Å². The molecule has 0 aromatic heterocycles. The van der Waals surface area contributed by atoms with E-state index in [0.29, 0.717) is 10.0 Å². The highest BCUT2D eigenvalue weighted by Crippen LogP contribution is 2.29. The fourth-order valence-electron chi connectivity index (χ4n) is 1.87. The molecule has 4 nitrogen and oxygen atoms in total. The standard InChI is InChI=1S/C15H14BrNO3/c1-10-6-7-11(2)15(8-10)20-9-12-13(16)4-3-5-14(12)17(18)19/h3-8H,9H2,1-2H3. The first-order valence-corrected chi connectivity index (χ1v) is 6.90. The zero-order valence-corrected chi connectivity index (χ0v) is 12.8. The molecule has 0 saturated heterocycles. The van der Waals surface area contributed by atoms with E-state index in [4.69, 9.17) is 4.74 Å². The number of ether oxygens (including phenoxy) is 1. The van der Waals surface area contributed by atoms with Gasteiger partial charge in [0, 0.05) is 10.5 Å². The number of hydrogen-bond donors (Lipinski definition) is 0. The fraction of sp³-hybridized carbons (Fsp3) is 0.200. The molecule has 0 aliphatic carbocycles. The minimum atomic E-state index is -0.396. The van der Waals surface area contributed by atoms with Crippen molar-refractivity contribution in [2.75, 3.05) is 0 Å². The molecule has 0 heterocycles. The van der Waals surface area contributed by atoms with Crippen LogP contribution in [-0.4, -0.2) is 4.92 Å². The van der Waals surface area contributed by atoms with Gasteiger partial charge in [-0.2, -0.15) is 0 Å². The van der Waals surface area contributed by atoms with Crippen LogP contribution >= 0.6 is 15.9 Å². The third-order valence-corrected chi connectivity index (χ3v) is 3.75. The largest absolute Gasteiger partial charge is 0.488 e. The molecule has 0 radical (unpaired) electrons. The van der Waals surface area contributed by atoms with Gasteiger partial charge in [-0.15, -0.1) is 0 Å². The van der Waals surface area contributed by atoms with Crippen LogP contribution in [0.4, 0.5) is 5.69 Å². The average Bonchev–Trinajstić information content (AvgIpc) is 2.40. The number of hydrogen-bond acceptors (Lipinski definition) is 3. The fourth-order valence-corrected chi connectivity index (χ4v) is 2.34. The Hall–Kier alpha value is -1.88. The van der Waals surface area contributed by atoms with Gasteiger partial charge in [-0.05, 0) is 37.1 Å². The molecule has 0 fully saturated rings. The van der Waals surface area contributed by atoms with Crippen molar-refractivity contribution in [3.05, 3.63) is 67.7 Å². The van der Waals surface area contributed by atoms with Crippen LogP contribution in [0.15, 0.2) is 40.9 Å². The van der Waals surface area contributed by atoms with Crippen LogP contribution in [0.3, 0.4) is 0 Å². The smallest absolute Gasteiger partial charge is 0.277 e. The van der Waals surface area contributed by atoms with Gasteiger partial charge >= 0.3 is 0 Å². The Balaban J connectivity index is 2.27. The van der Waals surface area contributed by atoms with Gasteiger partial charge in [0.05, 0.1) is 10.5 Å². The highest BCUT2D eigenvalue weighted by Gasteiger charge is 2.17. The number of nitro groups is 1. The highest BCUT2D eigenvalue weighted by molar-refractivity contribution is 9.10. The Kier molecular flexibility index (Phi) is 4.39. The first kappa shape index (κ1) is 14.5. The molecule has 0 aliphatic heterocycles. The average molecular weight is 336 g/mol. The lowest BCUT2D eigenvalue weighted by Gasteiger charge is -2.11. The van der Waals surface area contributed by atoms with Gasteiger partial charge in [0.25, 0.3) is 5.69 Å². The van der Waals surface area contributed by atoms with E-state index in [2.05, 4.69) is 15.9 Å². The first-order valence-electron chi connectivity index (χ1n) is 6.11. The second-order valence-corrected chi connectivity index (χ2v) is 5.41. The van der Waals surface area contributed by atoms with E-state index in [-0.39, 0.29) is 12.3 Å². The summed E-state index contributed by atoms with van der Waals surface area (Å²) in [4.78, 5) is 10.6. The molecule has 0 atom stereocenters. The summed E-state index contributed by atoms with van der Waals surface area (Å²) in [6, 6.07) is 10.8. The van der Waals surface area contributed by atoms with Crippen molar-refractivity contribution in [2.24, 2.45) is 0 Å². The van der Waals surface area contributed by atoms with Crippen molar-refractivity contribution >= 4 is 21.6 Å². The third-order valence-electron chi connectivity index (χ3n) is 3.01. The van der Waals surface area contributed by atoms with Crippen molar-refractivity contribution < 1.29 is 9.66 Å². The van der Waals surface area contributed by atoms with E-state index >= 15 is 0 Å². The predicted octanol–water partition coefficient (Wildman–Crippen LogP) is 4.55. The minimum Gasteiger partial charge on any atom is -0.488 e. The van der Waals surface area contributed by atoms with Crippen LogP contribution < -0.4 is 4.74 Å². The third kappa shape index (κ3) is 3.17. The number of nitrogens with zero attached hydrogens (tertiary/aromatic N) is 1. The Morgan fingerprint density at radius 1 is 1.25 bits per heavy atom. The summed E-state index contributed by atoms with van der Waals surface area (Å²) in [5, 5.41) is 11.0. The first-order chi connectivity index (χ1) is 9.49. The molecule has 0 amide bonds. The second kappa shape index (κ2) is 6.05. The summed E-state index contributed by atoms with van der Waals surface area (Å²) in [7, 11) is 0. The molecule has 20 heavy (non-hydrogen) atoms. The summed E-state index contributed by atoms with van der Waals surface area (Å²) in [5.74, 6) is 0.745. The van der Waals surface area contributed by atoms with E-state index in [9.17, 15) is 10.1 Å². The Bertz CT molecular complexity index is 656. The maximum Gasteiger partial charge on any atom is 0.277 e. The summed E-state index contributed by atoms with van der Waals surface area (Å²) >= 11 is 3.34. The number of aryl methyl sites for hydroxylation is 2. The molecule has 0 spiro atoms. The lowest BCUT2D eigenvalue weighted by molar-refractivity contribution is -0.385. The predicted molar refractivity (Wildman–Crippen MR) is 81.0 cm³/mol. The van der Waals surface area contributed by atoms with Crippen LogP contribution in [0.25, 0.3) is 0 Å². The van der Waals surface area contributed by atoms with Gasteiger partial charge < -0.3 is 4.74 Å². The molecular weight excluding hydrogens is 322 g/mol. The Morgan fingerprint density at radius 3 is 2.70 bits per heavy atom. The number of rotatable bonds is 4. The monoisotopic (exact) mass is 335 g/mol. The zero-order valence-electron chi connectivity index (χ0n) is 11.2. The van der Waals surface area contributed by atoms with Crippen LogP contribution in [0.2, 0.25) is 0 Å². The molecular formula is C15H14BrNO3. The summed E-state index contributed by atoms with van der Waals surface area (Å²) in [6.45, 7) is 4.08. The maximum absolute atomic E-state index is 11.0. The van der Waals surface area contributed by atoms with Crippen LogP contribution in [0.5, 0.6) is 5.75 Å². The van der Waals surface area contributed by atoms with Crippen molar-refractivity contribution in [3.63, 3.8) is 0 Å². The highest BCUT2D eigenvalue weighted by atomic mass is 79.9. The van der Waals surface area contributed by atoms with Gasteiger partial charge in [0.15, 0.2) is 0 Å². The Morgan fingerprint density at radius 2 is 2.00 bits per heavy atom. The summed E-state index contributed by atoms with van der Waals surface area (Å²) in [6.07, 6.45) is 0. The van der Waals surface area contributed by atoms with Gasteiger partial charge in [-0.1, -0.05) is 34.1 Å². The van der Waals surface area contributed by atoms with Gasteiger partial charge in [-0.25, -0.2) is 0 Å². The molecule has 0 aliphatic rings. The zero-order chi connectivity index (χ0) is 14.7. The molecule has 2 aromatic rings. The molecule has 0 bridgehead atoms. The lowest BCUT2D eigenvalue weighted by atomic mass is 10.1. The molecule has 0 unspecified atom stereocenters. The van der Waals surface area contributed by atoms with Crippen molar-refractivity contribution in [2.45, 2.75) is 20.5 Å². The number of halogens is 1. The molecule has 5 heteroatoms. The topological polar surface area (TPSA) is 52.4 Å². The van der Waals surface area contributed by atoms with E-state index in [1.54, 1.807) is 12.1 Å². The van der Waals surface area contributed by atoms with E-state index in [1.165, 1.54) is 6.07 Å². The normalized spacial score (nSPS) is 10.3. The van der Waals surface area contributed by atoms with E-state index in [0.717, 1.165) is 16.9 Å². The SMILES string of the molecule is Cc1ccc(C)c(OCc2c(Br)cccc2[N+](=O)[O-])c1. The second-order valence-electron chi connectivity index (χ2n) is 4.55. The quantitative estimate of drug-likeness (QED) is 0.608. The van der Waals surface area contributed by atoms with Gasteiger partial charge in [-0.3, -0.25) is 10.1 Å². The van der Waals surface area contributed by atoms with Crippen LogP contribution in [0.1, 0.15) is 16.7 Å². The van der Waals surface area contributed by atoms with E-state index in [1.807, 2.05) is 32.0 Å². The lowest BCUT2D eigenvalue weighted by Crippen LogP contribution is -2.02. The van der Waals surface area contributed by atoms with Crippen molar-refractivity contribution in [3.8, 4) is 5.75 Å². The van der Waals surface area contributed by atoms with Gasteiger partial charge in [0.1, 0.15) is 12.4 Å². The summed E-state index contributed by atoms with van der Waals surface area (Å²) < 4.78 is 6.42. The van der Waals surface area contributed by atoms with E-state index < -0.39 is 4.92 Å². The molecule has 104 valence electrons. The molecule has 0 saturated carbocycles. The Labute approximate surface area is 125 Å². The number of nitro benzene ring substituents is 1. The molecule has 2 rings (SSSR count). The van der Waals surface area contributed by atoms with Crippen LogP contribution in [-0.2, 0) is 6.61 Å². The molecule has 0 N–H and O–H groups in total. The maximum atomic E-state index is 11.0. The van der Waals surface area contributed by atoms with Gasteiger partial charge in [0.2, 0.25) is 0 Å². The summed E-state index contributed by atoms with van der Waals surface area (Å²) in [5.41, 5.74) is 2.70. The minimum absolute atomic E-state index is 0.0599.